The first-order chi connectivity index (χ1) is 17.9. The SMILES string of the molecule is Cc1cnc(Nc2ccc(N3CCN(C)CC3)cc2)nc1Nc1cc(C#N)cc(S(=O)(=O)NC(C)(C)C)c1. The summed E-state index contributed by atoms with van der Waals surface area (Å²) in [5.41, 5.74) is 2.78. The van der Waals surface area contributed by atoms with Crippen molar-refractivity contribution in [2.24, 2.45) is 0 Å². The van der Waals surface area contributed by atoms with E-state index in [1.165, 1.54) is 17.8 Å². The van der Waals surface area contributed by atoms with Crippen molar-refractivity contribution >= 4 is 38.9 Å². The largest absolute Gasteiger partial charge is 0.369 e. The maximum atomic E-state index is 12.9. The van der Waals surface area contributed by atoms with Gasteiger partial charge in [-0.05, 0) is 77.2 Å². The lowest BCUT2D eigenvalue weighted by Gasteiger charge is -2.34. The summed E-state index contributed by atoms with van der Waals surface area (Å²) < 4.78 is 28.4. The van der Waals surface area contributed by atoms with Gasteiger partial charge >= 0.3 is 0 Å². The van der Waals surface area contributed by atoms with E-state index in [1.54, 1.807) is 33.0 Å². The van der Waals surface area contributed by atoms with Gasteiger partial charge in [-0.1, -0.05) is 0 Å². The van der Waals surface area contributed by atoms with E-state index < -0.39 is 15.6 Å². The Balaban J connectivity index is 1.53. The molecular formula is C27H34N8O2S. The van der Waals surface area contributed by atoms with Crippen LogP contribution in [0, 0.1) is 18.3 Å². The van der Waals surface area contributed by atoms with Crippen LogP contribution < -0.4 is 20.3 Å². The van der Waals surface area contributed by atoms with Crippen LogP contribution in [-0.4, -0.2) is 62.1 Å². The molecule has 3 N–H and O–H groups in total. The van der Waals surface area contributed by atoms with Gasteiger partial charge in [-0.25, -0.2) is 18.1 Å². The highest BCUT2D eigenvalue weighted by Crippen LogP contribution is 2.26. The van der Waals surface area contributed by atoms with Crippen LogP contribution in [0.4, 0.5) is 28.8 Å². The van der Waals surface area contributed by atoms with E-state index in [4.69, 9.17) is 0 Å². The summed E-state index contributed by atoms with van der Waals surface area (Å²) in [6.07, 6.45) is 1.68. The van der Waals surface area contributed by atoms with Crippen molar-refractivity contribution in [1.82, 2.24) is 19.6 Å². The van der Waals surface area contributed by atoms with Crippen molar-refractivity contribution in [2.45, 2.75) is 38.1 Å². The second-order valence-corrected chi connectivity index (χ2v) is 12.2. The summed E-state index contributed by atoms with van der Waals surface area (Å²) in [6, 6.07) is 14.6. The first-order valence-electron chi connectivity index (χ1n) is 12.4. The third-order valence-corrected chi connectivity index (χ3v) is 7.75. The van der Waals surface area contributed by atoms with Gasteiger partial charge in [0.15, 0.2) is 0 Å². The van der Waals surface area contributed by atoms with E-state index in [-0.39, 0.29) is 10.5 Å². The van der Waals surface area contributed by atoms with Crippen LogP contribution in [0.1, 0.15) is 31.9 Å². The summed E-state index contributed by atoms with van der Waals surface area (Å²) in [6.45, 7) is 11.2. The number of nitrogens with zero attached hydrogens (tertiary/aromatic N) is 5. The summed E-state index contributed by atoms with van der Waals surface area (Å²) >= 11 is 0. The number of nitrogens with one attached hydrogen (secondary N) is 3. The number of piperazine rings is 1. The molecule has 0 saturated carbocycles. The Bertz CT molecular complexity index is 1440. The molecule has 0 aliphatic carbocycles. The maximum absolute atomic E-state index is 12.9. The van der Waals surface area contributed by atoms with Crippen LogP contribution >= 0.6 is 0 Å². The van der Waals surface area contributed by atoms with Crippen LogP contribution in [0.25, 0.3) is 0 Å². The Morgan fingerprint density at radius 1 is 0.974 bits per heavy atom. The van der Waals surface area contributed by atoms with Gasteiger partial charge in [0.2, 0.25) is 16.0 Å². The quantitative estimate of drug-likeness (QED) is 0.413. The molecule has 1 fully saturated rings. The minimum Gasteiger partial charge on any atom is -0.369 e. The molecule has 0 bridgehead atoms. The van der Waals surface area contributed by atoms with Gasteiger partial charge in [0, 0.05) is 60.5 Å². The van der Waals surface area contributed by atoms with Crippen molar-refractivity contribution in [3.63, 3.8) is 0 Å². The number of sulfonamides is 1. The monoisotopic (exact) mass is 534 g/mol. The number of anilines is 5. The molecule has 0 unspecified atom stereocenters. The van der Waals surface area contributed by atoms with Crippen LogP contribution in [-0.2, 0) is 10.0 Å². The van der Waals surface area contributed by atoms with E-state index in [0.717, 1.165) is 37.4 Å². The summed E-state index contributed by atoms with van der Waals surface area (Å²) in [4.78, 5) is 13.7. The zero-order valence-corrected chi connectivity index (χ0v) is 23.2. The molecule has 4 rings (SSSR count). The molecule has 2 heterocycles. The fourth-order valence-corrected chi connectivity index (χ4v) is 5.56. The van der Waals surface area contributed by atoms with Gasteiger partial charge < -0.3 is 20.4 Å². The normalized spacial score (nSPS) is 14.7. The fourth-order valence-electron chi connectivity index (χ4n) is 4.07. The molecular weight excluding hydrogens is 500 g/mol. The standard InChI is InChI=1S/C27H34N8O2S/c1-19-18-29-26(31-21-6-8-23(9-7-21)35-12-10-34(5)11-13-35)32-25(19)30-22-14-20(17-28)15-24(16-22)38(36,37)33-27(2,3)4/h6-9,14-16,18,33H,10-13H2,1-5H3,(H2,29,30,31,32). The van der Waals surface area contributed by atoms with Gasteiger partial charge in [-0.15, -0.1) is 0 Å². The average molecular weight is 535 g/mol. The highest BCUT2D eigenvalue weighted by atomic mass is 32.2. The number of aryl methyl sites for hydroxylation is 1. The van der Waals surface area contributed by atoms with Crippen molar-refractivity contribution in [3.8, 4) is 6.07 Å². The van der Waals surface area contributed by atoms with Gasteiger partial charge in [0.05, 0.1) is 16.5 Å². The molecule has 10 nitrogen and oxygen atoms in total. The molecule has 0 spiro atoms. The fraction of sp³-hybridized carbons (Fsp3) is 0.370. The average Bonchev–Trinajstić information content (AvgIpc) is 2.85. The number of nitriles is 1. The van der Waals surface area contributed by atoms with Crippen LogP contribution in [0.3, 0.4) is 0 Å². The number of aromatic nitrogens is 2. The number of benzene rings is 2. The van der Waals surface area contributed by atoms with Gasteiger partial charge in [-0.2, -0.15) is 10.2 Å². The second-order valence-electron chi connectivity index (χ2n) is 10.5. The van der Waals surface area contributed by atoms with Gasteiger partial charge in [0.1, 0.15) is 5.82 Å². The Morgan fingerprint density at radius 2 is 1.66 bits per heavy atom. The molecule has 0 radical (unpaired) electrons. The Kier molecular flexibility index (Phi) is 7.87. The minimum atomic E-state index is -3.83. The zero-order chi connectivity index (χ0) is 27.5. The first-order valence-corrected chi connectivity index (χ1v) is 13.9. The van der Waals surface area contributed by atoms with E-state index in [2.05, 4.69) is 54.3 Å². The summed E-state index contributed by atoms with van der Waals surface area (Å²) in [5.74, 6) is 0.892. The molecule has 1 saturated heterocycles. The van der Waals surface area contributed by atoms with Gasteiger partial charge in [-0.3, -0.25) is 0 Å². The molecule has 1 aliphatic rings. The van der Waals surface area contributed by atoms with Crippen molar-refractivity contribution in [3.05, 3.63) is 59.8 Å². The number of hydrogen-bond acceptors (Lipinski definition) is 9. The molecule has 0 amide bonds. The maximum Gasteiger partial charge on any atom is 0.241 e. The Labute approximate surface area is 224 Å². The topological polar surface area (TPSA) is 126 Å². The molecule has 200 valence electrons. The summed E-state index contributed by atoms with van der Waals surface area (Å²) in [5, 5.41) is 15.9. The Morgan fingerprint density at radius 3 is 2.29 bits per heavy atom. The number of hydrogen-bond donors (Lipinski definition) is 3. The first kappa shape index (κ1) is 27.3. The van der Waals surface area contributed by atoms with Gasteiger partial charge in [0.25, 0.3) is 0 Å². The smallest absolute Gasteiger partial charge is 0.241 e. The highest BCUT2D eigenvalue weighted by molar-refractivity contribution is 7.89. The molecule has 1 aromatic heterocycles. The van der Waals surface area contributed by atoms with Crippen molar-refractivity contribution < 1.29 is 8.42 Å². The lowest BCUT2D eigenvalue weighted by Crippen LogP contribution is -2.44. The van der Waals surface area contributed by atoms with E-state index >= 15 is 0 Å². The number of likely N-dealkylation sites (N-methyl/N-ethyl adjacent to an activating group) is 1. The molecule has 1 aliphatic heterocycles. The predicted octanol–water partition coefficient (Wildman–Crippen LogP) is 3.97. The van der Waals surface area contributed by atoms with Crippen LogP contribution in [0.2, 0.25) is 0 Å². The third kappa shape index (κ3) is 6.98. The van der Waals surface area contributed by atoms with E-state index in [0.29, 0.717) is 17.5 Å². The van der Waals surface area contributed by atoms with E-state index in [1.807, 2.05) is 25.1 Å². The zero-order valence-electron chi connectivity index (χ0n) is 22.4. The second kappa shape index (κ2) is 10.9. The molecule has 3 aromatic rings. The third-order valence-electron chi connectivity index (χ3n) is 6.01. The summed E-state index contributed by atoms with van der Waals surface area (Å²) in [7, 11) is -1.69. The predicted molar refractivity (Wildman–Crippen MR) is 151 cm³/mol. The lowest BCUT2D eigenvalue weighted by atomic mass is 10.1. The molecule has 38 heavy (non-hydrogen) atoms. The minimum absolute atomic E-state index is 0.000488. The van der Waals surface area contributed by atoms with Crippen molar-refractivity contribution in [2.75, 3.05) is 48.8 Å². The number of rotatable bonds is 7. The van der Waals surface area contributed by atoms with Crippen LogP contribution in [0.5, 0.6) is 0 Å². The molecule has 0 atom stereocenters. The Hall–Kier alpha value is -3.72. The molecule has 11 heteroatoms. The highest BCUT2D eigenvalue weighted by Gasteiger charge is 2.23. The lowest BCUT2D eigenvalue weighted by molar-refractivity contribution is 0.313. The molecule has 2 aromatic carbocycles. The van der Waals surface area contributed by atoms with E-state index in [9.17, 15) is 13.7 Å². The van der Waals surface area contributed by atoms with Crippen molar-refractivity contribution in [1.29, 1.82) is 5.26 Å². The van der Waals surface area contributed by atoms with Crippen LogP contribution in [0.15, 0.2) is 53.6 Å².